The van der Waals surface area contributed by atoms with Gasteiger partial charge in [-0.05, 0) is 38.1 Å². The van der Waals surface area contributed by atoms with Crippen LogP contribution in [0.15, 0.2) is 0 Å². The van der Waals surface area contributed by atoms with Crippen LogP contribution in [0, 0.1) is 5.92 Å². The minimum atomic E-state index is -4.39. The van der Waals surface area contributed by atoms with E-state index in [9.17, 15) is 32.7 Å². The van der Waals surface area contributed by atoms with Gasteiger partial charge in [0.2, 0.25) is 5.91 Å². The Hall–Kier alpha value is -2.04. The van der Waals surface area contributed by atoms with Crippen LogP contribution < -0.4 is 21.7 Å². The lowest BCUT2D eigenvalue weighted by Gasteiger charge is -2.27. The van der Waals surface area contributed by atoms with Crippen LogP contribution in [-0.2, 0) is 9.59 Å². The molecule has 0 aromatic carbocycles. The fraction of sp³-hybridized carbons (Fsp3) is 0.842. The van der Waals surface area contributed by atoms with Gasteiger partial charge < -0.3 is 26.8 Å². The average Bonchev–Trinajstić information content (AvgIpc) is 2.66. The first kappa shape index (κ1) is 26.0. The van der Waals surface area contributed by atoms with Crippen molar-refractivity contribution in [1.82, 2.24) is 16.0 Å². The molecule has 0 spiro atoms. The molecule has 6 N–H and O–H groups in total. The van der Waals surface area contributed by atoms with Crippen LogP contribution in [0.1, 0.15) is 64.2 Å². The number of carbonyl (C=O) groups is 3. The molecule has 0 bridgehead atoms. The summed E-state index contributed by atoms with van der Waals surface area (Å²) in [6.07, 6.45) is 0.911. The first-order valence-electron chi connectivity index (χ1n) is 10.5. The SMILES string of the molecule is NCCCC[C@H](NC(=O)N[C@H](CC1CCCCC1)C(=O)NCCC(F)(F)F)C(=O)O. The normalized spacial score (nSPS) is 17.1. The smallest absolute Gasteiger partial charge is 0.390 e. The highest BCUT2D eigenvalue weighted by Gasteiger charge is 2.30. The van der Waals surface area contributed by atoms with Crippen molar-refractivity contribution in [3.05, 3.63) is 0 Å². The first-order valence-corrected chi connectivity index (χ1v) is 10.5. The standard InChI is InChI=1S/C19H33F3N4O4/c20-19(21,22)9-11-24-16(27)15(12-13-6-2-1-3-7-13)26-18(30)25-14(17(28)29)8-4-5-10-23/h13-15H,1-12,23H2,(H,24,27)(H,28,29)(H2,25,26,30)/t14-,15+/m0/s1. The van der Waals surface area contributed by atoms with Crippen LogP contribution >= 0.6 is 0 Å². The van der Waals surface area contributed by atoms with E-state index in [-0.39, 0.29) is 12.3 Å². The van der Waals surface area contributed by atoms with E-state index in [1.807, 2.05) is 0 Å². The first-order chi connectivity index (χ1) is 14.1. The summed E-state index contributed by atoms with van der Waals surface area (Å²) in [6, 6.07) is -3.00. The number of hydrogen-bond donors (Lipinski definition) is 5. The van der Waals surface area contributed by atoms with Gasteiger partial charge in [0.05, 0.1) is 6.42 Å². The third-order valence-electron chi connectivity index (χ3n) is 5.17. The summed E-state index contributed by atoms with van der Waals surface area (Å²) in [7, 11) is 0. The second-order valence-electron chi connectivity index (χ2n) is 7.74. The van der Waals surface area contributed by atoms with Crippen molar-refractivity contribution in [2.24, 2.45) is 11.7 Å². The van der Waals surface area contributed by atoms with Gasteiger partial charge in [-0.2, -0.15) is 13.2 Å². The van der Waals surface area contributed by atoms with E-state index in [0.29, 0.717) is 25.8 Å². The maximum absolute atomic E-state index is 12.4. The molecule has 2 atom stereocenters. The number of urea groups is 1. The lowest BCUT2D eigenvalue weighted by molar-refractivity contribution is -0.139. The van der Waals surface area contributed by atoms with Gasteiger partial charge in [-0.1, -0.05) is 32.1 Å². The van der Waals surface area contributed by atoms with Crippen LogP contribution in [0.3, 0.4) is 0 Å². The highest BCUT2D eigenvalue weighted by Crippen LogP contribution is 2.27. The summed E-state index contributed by atoms with van der Waals surface area (Å²) in [4.78, 5) is 36.1. The number of nitrogens with one attached hydrogen (secondary N) is 3. The molecule has 0 radical (unpaired) electrons. The van der Waals surface area contributed by atoms with Gasteiger partial charge in [-0.25, -0.2) is 9.59 Å². The molecule has 174 valence electrons. The molecule has 1 saturated carbocycles. The maximum atomic E-state index is 12.4. The molecular weight excluding hydrogens is 405 g/mol. The summed E-state index contributed by atoms with van der Waals surface area (Å²) in [6.45, 7) is -0.177. The predicted octanol–water partition coefficient (Wildman–Crippen LogP) is 2.28. The number of alkyl halides is 3. The van der Waals surface area contributed by atoms with E-state index in [4.69, 9.17) is 5.73 Å². The van der Waals surface area contributed by atoms with Crippen molar-refractivity contribution in [3.63, 3.8) is 0 Å². The molecule has 0 unspecified atom stereocenters. The van der Waals surface area contributed by atoms with E-state index in [0.717, 1.165) is 32.1 Å². The zero-order chi connectivity index (χ0) is 22.6. The number of unbranched alkanes of at least 4 members (excludes halogenated alkanes) is 1. The van der Waals surface area contributed by atoms with Crippen molar-refractivity contribution < 1.29 is 32.7 Å². The Kier molecular flexibility index (Phi) is 11.5. The Labute approximate surface area is 174 Å². The predicted molar refractivity (Wildman–Crippen MR) is 105 cm³/mol. The Morgan fingerprint density at radius 2 is 1.67 bits per heavy atom. The monoisotopic (exact) mass is 438 g/mol. The fourth-order valence-electron chi connectivity index (χ4n) is 3.55. The third kappa shape index (κ3) is 11.2. The van der Waals surface area contributed by atoms with Gasteiger partial charge in [-0.3, -0.25) is 4.79 Å². The zero-order valence-electron chi connectivity index (χ0n) is 17.1. The van der Waals surface area contributed by atoms with E-state index in [1.54, 1.807) is 0 Å². The highest BCUT2D eigenvalue weighted by molar-refractivity contribution is 5.88. The van der Waals surface area contributed by atoms with Gasteiger partial charge in [0.15, 0.2) is 0 Å². The molecule has 0 saturated heterocycles. The molecule has 1 aliphatic rings. The zero-order valence-corrected chi connectivity index (χ0v) is 17.1. The molecule has 8 nitrogen and oxygen atoms in total. The highest BCUT2D eigenvalue weighted by atomic mass is 19.4. The fourth-order valence-corrected chi connectivity index (χ4v) is 3.55. The van der Waals surface area contributed by atoms with Crippen molar-refractivity contribution in [3.8, 4) is 0 Å². The number of rotatable bonds is 12. The van der Waals surface area contributed by atoms with Crippen molar-refractivity contribution in [1.29, 1.82) is 0 Å². The van der Waals surface area contributed by atoms with Crippen molar-refractivity contribution in [2.45, 2.75) is 82.5 Å². The number of halogens is 3. The number of aliphatic carboxylic acids is 1. The second kappa shape index (κ2) is 13.3. The maximum Gasteiger partial charge on any atom is 0.390 e. The molecule has 11 heteroatoms. The largest absolute Gasteiger partial charge is 0.480 e. The summed E-state index contributed by atoms with van der Waals surface area (Å²) >= 11 is 0. The van der Waals surface area contributed by atoms with Crippen molar-refractivity contribution >= 4 is 17.9 Å². The van der Waals surface area contributed by atoms with Gasteiger partial charge in [0.25, 0.3) is 0 Å². The molecular formula is C19H33F3N4O4. The quantitative estimate of drug-likeness (QED) is 0.298. The molecule has 1 fully saturated rings. The second-order valence-corrected chi connectivity index (χ2v) is 7.74. The minimum absolute atomic E-state index is 0.178. The van der Waals surface area contributed by atoms with Gasteiger partial charge >= 0.3 is 18.2 Å². The van der Waals surface area contributed by atoms with Gasteiger partial charge in [-0.15, -0.1) is 0 Å². The molecule has 0 aromatic heterocycles. The Morgan fingerprint density at radius 1 is 1.03 bits per heavy atom. The Balaban J connectivity index is 2.68. The molecule has 0 aromatic rings. The molecule has 0 heterocycles. The summed E-state index contributed by atoms with van der Waals surface area (Å²) < 4.78 is 37.0. The average molecular weight is 438 g/mol. The van der Waals surface area contributed by atoms with Crippen LogP contribution in [0.2, 0.25) is 0 Å². The Bertz CT molecular complexity index is 554. The number of nitrogens with two attached hydrogens (primary N) is 1. The topological polar surface area (TPSA) is 134 Å². The third-order valence-corrected chi connectivity index (χ3v) is 5.17. The number of hydrogen-bond acceptors (Lipinski definition) is 4. The molecule has 1 rings (SSSR count). The van der Waals surface area contributed by atoms with E-state index in [1.165, 1.54) is 0 Å². The van der Waals surface area contributed by atoms with E-state index >= 15 is 0 Å². The number of carbonyl (C=O) groups excluding carboxylic acids is 2. The van der Waals surface area contributed by atoms with Gasteiger partial charge in [0, 0.05) is 6.54 Å². The lowest BCUT2D eigenvalue weighted by Crippen LogP contribution is -2.54. The minimum Gasteiger partial charge on any atom is -0.480 e. The van der Waals surface area contributed by atoms with Crippen LogP contribution in [-0.4, -0.2) is 54.4 Å². The molecule has 1 aliphatic carbocycles. The lowest BCUT2D eigenvalue weighted by atomic mass is 9.84. The summed E-state index contributed by atoms with van der Waals surface area (Å²) in [5, 5.41) is 16.3. The number of amides is 3. The number of carboxylic acid groups (broad SMARTS) is 1. The van der Waals surface area contributed by atoms with Crippen LogP contribution in [0.25, 0.3) is 0 Å². The van der Waals surface area contributed by atoms with Crippen LogP contribution in [0.4, 0.5) is 18.0 Å². The van der Waals surface area contributed by atoms with Crippen molar-refractivity contribution in [2.75, 3.05) is 13.1 Å². The van der Waals surface area contributed by atoms with Crippen LogP contribution in [0.5, 0.6) is 0 Å². The summed E-state index contributed by atoms with van der Waals surface area (Å²) in [5.74, 6) is -1.73. The molecule has 3 amide bonds. The molecule has 0 aliphatic heterocycles. The Morgan fingerprint density at radius 3 is 2.23 bits per heavy atom. The number of carboxylic acids is 1. The van der Waals surface area contributed by atoms with E-state index in [2.05, 4.69) is 16.0 Å². The van der Waals surface area contributed by atoms with Gasteiger partial charge in [0.1, 0.15) is 12.1 Å². The molecule has 30 heavy (non-hydrogen) atoms. The van der Waals surface area contributed by atoms with E-state index < -0.39 is 49.1 Å². The summed E-state index contributed by atoms with van der Waals surface area (Å²) in [5.41, 5.74) is 5.38.